The first kappa shape index (κ1) is 7.87. The van der Waals surface area contributed by atoms with Crippen LogP contribution in [0.5, 0.6) is 0 Å². The predicted octanol–water partition coefficient (Wildman–Crippen LogP) is 2.39. The standard InChI is InChI=1S/C8H8O3P/c9-12-10-5-7-3-1-2-4-8(7)6-11-12/h1-4H,5-6H2/q+1. The van der Waals surface area contributed by atoms with Crippen LogP contribution in [0.3, 0.4) is 0 Å². The van der Waals surface area contributed by atoms with Gasteiger partial charge in [0.05, 0.1) is 0 Å². The largest absolute Gasteiger partial charge is 0.698 e. The lowest BCUT2D eigenvalue weighted by Gasteiger charge is -1.97. The third kappa shape index (κ3) is 1.53. The summed E-state index contributed by atoms with van der Waals surface area (Å²) in [6.07, 6.45) is 0. The molecule has 3 nitrogen and oxygen atoms in total. The van der Waals surface area contributed by atoms with Crippen LogP contribution in [0.25, 0.3) is 0 Å². The third-order valence-corrected chi connectivity index (χ3v) is 2.45. The first-order valence-corrected chi connectivity index (χ1v) is 4.75. The molecular weight excluding hydrogens is 175 g/mol. The molecule has 0 atom stereocenters. The molecule has 0 unspecified atom stereocenters. The maximum atomic E-state index is 10.9. The van der Waals surface area contributed by atoms with Gasteiger partial charge in [0.25, 0.3) is 0 Å². The number of rotatable bonds is 0. The SMILES string of the molecule is O=[P+]1OCc2ccccc2CO1. The molecule has 1 aliphatic rings. The summed E-state index contributed by atoms with van der Waals surface area (Å²) in [5.41, 5.74) is 2.11. The number of fused-ring (bicyclic) bond motifs is 1. The van der Waals surface area contributed by atoms with Gasteiger partial charge in [-0.15, -0.1) is 9.05 Å². The van der Waals surface area contributed by atoms with Gasteiger partial charge in [-0.25, -0.2) is 0 Å². The Labute approximate surface area is 71.3 Å². The molecule has 0 aliphatic carbocycles. The molecule has 2 rings (SSSR count). The van der Waals surface area contributed by atoms with Crippen molar-refractivity contribution in [1.29, 1.82) is 0 Å². The summed E-state index contributed by atoms with van der Waals surface area (Å²) in [7, 11) is -1.91. The van der Waals surface area contributed by atoms with Gasteiger partial charge in [-0.3, -0.25) is 0 Å². The first-order valence-electron chi connectivity index (χ1n) is 3.66. The smallest absolute Gasteiger partial charge is 0.114 e. The minimum absolute atomic E-state index is 0.380. The van der Waals surface area contributed by atoms with Crippen LogP contribution in [0.4, 0.5) is 0 Å². The molecule has 0 saturated heterocycles. The average molecular weight is 183 g/mol. The minimum Gasteiger partial charge on any atom is -0.114 e. The molecule has 4 heteroatoms. The normalized spacial score (nSPS) is 16.8. The summed E-state index contributed by atoms with van der Waals surface area (Å²) in [5.74, 6) is 0. The van der Waals surface area contributed by atoms with E-state index >= 15 is 0 Å². The van der Waals surface area contributed by atoms with E-state index in [4.69, 9.17) is 9.05 Å². The fraction of sp³-hybridized carbons (Fsp3) is 0.250. The summed E-state index contributed by atoms with van der Waals surface area (Å²) >= 11 is 0. The highest BCUT2D eigenvalue weighted by Crippen LogP contribution is 2.31. The van der Waals surface area contributed by atoms with Crippen molar-refractivity contribution in [1.82, 2.24) is 0 Å². The first-order chi connectivity index (χ1) is 5.86. The lowest BCUT2D eigenvalue weighted by molar-refractivity contribution is 0.229. The van der Waals surface area contributed by atoms with E-state index in [0.717, 1.165) is 11.1 Å². The van der Waals surface area contributed by atoms with E-state index in [0.29, 0.717) is 13.2 Å². The van der Waals surface area contributed by atoms with E-state index < -0.39 is 8.25 Å². The van der Waals surface area contributed by atoms with Crippen molar-refractivity contribution in [2.75, 3.05) is 0 Å². The van der Waals surface area contributed by atoms with Gasteiger partial charge in [0.15, 0.2) is 0 Å². The molecule has 0 spiro atoms. The molecule has 1 aromatic rings. The van der Waals surface area contributed by atoms with Crippen LogP contribution >= 0.6 is 8.25 Å². The van der Waals surface area contributed by atoms with Gasteiger partial charge in [0, 0.05) is 4.57 Å². The van der Waals surface area contributed by atoms with E-state index in [1.165, 1.54) is 0 Å². The molecule has 0 N–H and O–H groups in total. The zero-order valence-corrected chi connectivity index (χ0v) is 7.29. The summed E-state index contributed by atoms with van der Waals surface area (Å²) in [6.45, 7) is 0.761. The quantitative estimate of drug-likeness (QED) is 0.579. The van der Waals surface area contributed by atoms with Gasteiger partial charge in [0.2, 0.25) is 0 Å². The van der Waals surface area contributed by atoms with Crippen LogP contribution in [0.1, 0.15) is 11.1 Å². The maximum Gasteiger partial charge on any atom is 0.698 e. The lowest BCUT2D eigenvalue weighted by Crippen LogP contribution is -1.89. The second kappa shape index (κ2) is 3.31. The van der Waals surface area contributed by atoms with Gasteiger partial charge in [-0.2, -0.15) is 0 Å². The van der Waals surface area contributed by atoms with Crippen LogP contribution in [0.2, 0.25) is 0 Å². The molecular formula is C8H8O3P+. The Hall–Kier alpha value is -0.760. The Morgan fingerprint density at radius 2 is 1.58 bits per heavy atom. The van der Waals surface area contributed by atoms with Gasteiger partial charge in [0.1, 0.15) is 13.2 Å². The van der Waals surface area contributed by atoms with E-state index in [9.17, 15) is 4.57 Å². The van der Waals surface area contributed by atoms with Crippen LogP contribution in [-0.4, -0.2) is 0 Å². The zero-order valence-electron chi connectivity index (χ0n) is 6.40. The summed E-state index contributed by atoms with van der Waals surface area (Å²) in [4.78, 5) is 0. The van der Waals surface area contributed by atoms with Gasteiger partial charge in [-0.1, -0.05) is 24.3 Å². The monoisotopic (exact) mass is 183 g/mol. The molecule has 0 amide bonds. The number of hydrogen-bond donors (Lipinski definition) is 0. The molecule has 12 heavy (non-hydrogen) atoms. The fourth-order valence-corrected chi connectivity index (χ4v) is 1.68. The van der Waals surface area contributed by atoms with Crippen LogP contribution < -0.4 is 0 Å². The van der Waals surface area contributed by atoms with Crippen molar-refractivity contribution in [3.63, 3.8) is 0 Å². The fourth-order valence-electron chi connectivity index (χ4n) is 1.12. The Bertz CT molecular complexity index is 282. The highest BCUT2D eigenvalue weighted by molar-refractivity contribution is 7.33. The van der Waals surface area contributed by atoms with E-state index in [-0.39, 0.29) is 0 Å². The molecule has 0 radical (unpaired) electrons. The second-order valence-electron chi connectivity index (χ2n) is 2.54. The Kier molecular flexibility index (Phi) is 2.17. The van der Waals surface area contributed by atoms with Crippen LogP contribution in [0.15, 0.2) is 24.3 Å². The molecule has 0 bridgehead atoms. The van der Waals surface area contributed by atoms with Crippen LogP contribution in [-0.2, 0) is 26.8 Å². The third-order valence-electron chi connectivity index (χ3n) is 1.77. The summed E-state index contributed by atoms with van der Waals surface area (Å²) < 4.78 is 20.7. The molecule has 62 valence electrons. The molecule has 1 aliphatic heterocycles. The minimum atomic E-state index is -1.91. The van der Waals surface area contributed by atoms with Crippen molar-refractivity contribution < 1.29 is 13.6 Å². The van der Waals surface area contributed by atoms with E-state index in [1.54, 1.807) is 0 Å². The number of hydrogen-bond acceptors (Lipinski definition) is 3. The Morgan fingerprint density at radius 3 is 2.08 bits per heavy atom. The molecule has 1 heterocycles. The van der Waals surface area contributed by atoms with Gasteiger partial charge < -0.3 is 0 Å². The van der Waals surface area contributed by atoms with Crippen molar-refractivity contribution in [3.05, 3.63) is 35.4 Å². The Morgan fingerprint density at radius 1 is 1.08 bits per heavy atom. The van der Waals surface area contributed by atoms with Crippen molar-refractivity contribution >= 4 is 8.25 Å². The predicted molar refractivity (Wildman–Crippen MR) is 43.6 cm³/mol. The average Bonchev–Trinajstić information content (AvgIpc) is 2.29. The molecule has 0 saturated carbocycles. The van der Waals surface area contributed by atoms with Gasteiger partial charge in [-0.05, 0) is 11.1 Å². The maximum absolute atomic E-state index is 10.9. The Balaban J connectivity index is 2.32. The topological polar surface area (TPSA) is 35.5 Å². The summed E-state index contributed by atoms with van der Waals surface area (Å²) in [6, 6.07) is 7.77. The van der Waals surface area contributed by atoms with Crippen molar-refractivity contribution in [2.24, 2.45) is 0 Å². The van der Waals surface area contributed by atoms with E-state index in [1.807, 2.05) is 24.3 Å². The zero-order chi connectivity index (χ0) is 8.39. The molecule has 0 fully saturated rings. The number of benzene rings is 1. The van der Waals surface area contributed by atoms with E-state index in [2.05, 4.69) is 0 Å². The second-order valence-corrected chi connectivity index (χ2v) is 3.50. The van der Waals surface area contributed by atoms with Crippen molar-refractivity contribution in [3.8, 4) is 0 Å². The molecule has 0 aromatic heterocycles. The highest BCUT2D eigenvalue weighted by Gasteiger charge is 2.25. The van der Waals surface area contributed by atoms with Crippen LogP contribution in [0, 0.1) is 0 Å². The lowest BCUT2D eigenvalue weighted by atomic mass is 10.1. The molecule has 1 aromatic carbocycles. The van der Waals surface area contributed by atoms with Crippen molar-refractivity contribution in [2.45, 2.75) is 13.2 Å². The highest BCUT2D eigenvalue weighted by atomic mass is 31.1. The van der Waals surface area contributed by atoms with Gasteiger partial charge >= 0.3 is 8.25 Å². The summed E-state index contributed by atoms with van der Waals surface area (Å²) in [5, 5.41) is 0.